The van der Waals surface area contributed by atoms with E-state index in [0.29, 0.717) is 21.9 Å². The molecule has 0 saturated carbocycles. The van der Waals surface area contributed by atoms with Gasteiger partial charge in [0.2, 0.25) is 5.91 Å². The van der Waals surface area contributed by atoms with Gasteiger partial charge in [0.05, 0.1) is 26.3 Å². The molecule has 0 radical (unpaired) electrons. The van der Waals surface area contributed by atoms with Crippen molar-refractivity contribution >= 4 is 17.5 Å². The smallest absolute Gasteiger partial charge is 0.224 e. The summed E-state index contributed by atoms with van der Waals surface area (Å²) in [6.45, 7) is 1.70. The van der Waals surface area contributed by atoms with E-state index < -0.39 is 5.60 Å². The average molecular weight is 338 g/mol. The standard InChI is InChI=1S/C16H20ClN3O3/c1-16(22,11-8-19-20(2)9-11)10-18-15(21)7-12-13(17)5-4-6-14(12)23-3/h4-6,8-9,22H,7,10H2,1-3H3,(H,18,21)/t16-/m0/s1. The first kappa shape index (κ1) is 17.3. The van der Waals surface area contributed by atoms with E-state index in [0.717, 1.165) is 0 Å². The van der Waals surface area contributed by atoms with E-state index in [1.807, 2.05) is 0 Å². The van der Waals surface area contributed by atoms with Gasteiger partial charge in [-0.05, 0) is 19.1 Å². The number of carbonyl (C=O) groups excluding carboxylic acids is 1. The summed E-state index contributed by atoms with van der Waals surface area (Å²) in [5.74, 6) is 0.312. The number of methoxy groups -OCH3 is 1. The van der Waals surface area contributed by atoms with Crippen molar-refractivity contribution in [3.05, 3.63) is 46.7 Å². The first-order valence-electron chi connectivity index (χ1n) is 7.13. The molecule has 0 unspecified atom stereocenters. The maximum atomic E-state index is 12.2. The summed E-state index contributed by atoms with van der Waals surface area (Å²) in [6.07, 6.45) is 3.36. The number of aliphatic hydroxyl groups is 1. The number of carbonyl (C=O) groups is 1. The minimum atomic E-state index is -1.20. The summed E-state index contributed by atoms with van der Waals surface area (Å²) in [5, 5.41) is 17.7. The molecule has 0 aliphatic carbocycles. The summed E-state index contributed by atoms with van der Waals surface area (Å²) in [5.41, 5.74) is 0.0555. The first-order valence-corrected chi connectivity index (χ1v) is 7.51. The highest BCUT2D eigenvalue weighted by Gasteiger charge is 2.25. The van der Waals surface area contributed by atoms with Gasteiger partial charge in [0.1, 0.15) is 11.4 Å². The zero-order chi connectivity index (χ0) is 17.0. The lowest BCUT2D eigenvalue weighted by Gasteiger charge is -2.22. The van der Waals surface area contributed by atoms with Gasteiger partial charge in [0, 0.05) is 29.4 Å². The minimum Gasteiger partial charge on any atom is -0.496 e. The number of aromatic nitrogens is 2. The number of rotatable bonds is 6. The van der Waals surface area contributed by atoms with Crippen LogP contribution >= 0.6 is 11.6 Å². The molecule has 0 fully saturated rings. The van der Waals surface area contributed by atoms with Gasteiger partial charge >= 0.3 is 0 Å². The molecule has 0 spiro atoms. The van der Waals surface area contributed by atoms with Crippen LogP contribution in [0.15, 0.2) is 30.6 Å². The second-order valence-corrected chi connectivity index (χ2v) is 5.96. The van der Waals surface area contributed by atoms with Crippen molar-refractivity contribution in [1.82, 2.24) is 15.1 Å². The fraction of sp³-hybridized carbons (Fsp3) is 0.375. The predicted octanol–water partition coefficient (Wildman–Crippen LogP) is 1.65. The molecular weight excluding hydrogens is 318 g/mol. The predicted molar refractivity (Wildman–Crippen MR) is 87.5 cm³/mol. The Morgan fingerprint density at radius 2 is 2.26 bits per heavy atom. The SMILES string of the molecule is COc1cccc(Cl)c1CC(=O)NC[C@](C)(O)c1cnn(C)c1. The first-order chi connectivity index (χ1) is 10.8. The lowest BCUT2D eigenvalue weighted by atomic mass is 9.99. The maximum absolute atomic E-state index is 12.2. The zero-order valence-corrected chi connectivity index (χ0v) is 14.1. The van der Waals surface area contributed by atoms with Gasteiger partial charge in [0.25, 0.3) is 0 Å². The molecule has 23 heavy (non-hydrogen) atoms. The van der Waals surface area contributed by atoms with E-state index in [-0.39, 0.29) is 18.9 Å². The third-order valence-electron chi connectivity index (χ3n) is 3.59. The Balaban J connectivity index is 2.01. The van der Waals surface area contributed by atoms with Gasteiger partial charge in [-0.25, -0.2) is 0 Å². The van der Waals surface area contributed by atoms with Crippen molar-refractivity contribution in [2.75, 3.05) is 13.7 Å². The number of hydrogen-bond donors (Lipinski definition) is 2. The zero-order valence-electron chi connectivity index (χ0n) is 13.3. The van der Waals surface area contributed by atoms with Crippen LogP contribution in [0, 0.1) is 0 Å². The Morgan fingerprint density at radius 1 is 1.52 bits per heavy atom. The van der Waals surface area contributed by atoms with Crippen molar-refractivity contribution in [3.63, 3.8) is 0 Å². The van der Waals surface area contributed by atoms with Crippen LogP contribution in [0.4, 0.5) is 0 Å². The molecule has 124 valence electrons. The van der Waals surface area contributed by atoms with Gasteiger partial charge in [-0.15, -0.1) is 0 Å². The highest BCUT2D eigenvalue weighted by molar-refractivity contribution is 6.31. The molecule has 0 aliphatic rings. The molecule has 6 nitrogen and oxygen atoms in total. The number of ether oxygens (including phenoxy) is 1. The van der Waals surface area contributed by atoms with Crippen LogP contribution in [0.25, 0.3) is 0 Å². The molecule has 7 heteroatoms. The van der Waals surface area contributed by atoms with E-state index >= 15 is 0 Å². The van der Waals surface area contributed by atoms with Crippen LogP contribution in [0.3, 0.4) is 0 Å². The number of hydrogen-bond acceptors (Lipinski definition) is 4. The Labute approximate surface area is 140 Å². The molecule has 0 saturated heterocycles. The molecule has 0 bridgehead atoms. The van der Waals surface area contributed by atoms with Gasteiger partial charge in [-0.2, -0.15) is 5.10 Å². The van der Waals surface area contributed by atoms with Crippen LogP contribution in [-0.4, -0.2) is 34.4 Å². The topological polar surface area (TPSA) is 76.4 Å². The average Bonchev–Trinajstić information content (AvgIpc) is 2.95. The number of halogens is 1. The van der Waals surface area contributed by atoms with Gasteiger partial charge in [-0.1, -0.05) is 17.7 Å². The summed E-state index contributed by atoms with van der Waals surface area (Å²) < 4.78 is 6.82. The van der Waals surface area contributed by atoms with Crippen LogP contribution in [-0.2, 0) is 23.9 Å². The lowest BCUT2D eigenvalue weighted by molar-refractivity contribution is -0.121. The normalized spacial score (nSPS) is 13.4. The van der Waals surface area contributed by atoms with Crippen molar-refractivity contribution in [3.8, 4) is 5.75 Å². The second kappa shape index (κ2) is 7.02. The number of benzene rings is 1. The fourth-order valence-corrected chi connectivity index (χ4v) is 2.43. The Hall–Kier alpha value is -2.05. The number of amides is 1. The number of nitrogens with zero attached hydrogens (tertiary/aromatic N) is 2. The fourth-order valence-electron chi connectivity index (χ4n) is 2.20. The third kappa shape index (κ3) is 4.24. The van der Waals surface area contributed by atoms with Gasteiger partial charge in [-0.3, -0.25) is 9.48 Å². The van der Waals surface area contributed by atoms with Crippen molar-refractivity contribution in [1.29, 1.82) is 0 Å². The molecular formula is C16H20ClN3O3. The maximum Gasteiger partial charge on any atom is 0.224 e. The molecule has 1 aromatic carbocycles. The van der Waals surface area contributed by atoms with Crippen LogP contribution in [0.1, 0.15) is 18.1 Å². The van der Waals surface area contributed by atoms with E-state index in [1.54, 1.807) is 49.2 Å². The minimum absolute atomic E-state index is 0.0737. The van der Waals surface area contributed by atoms with Crippen LogP contribution in [0.5, 0.6) is 5.75 Å². The highest BCUT2D eigenvalue weighted by atomic mass is 35.5. The van der Waals surface area contributed by atoms with E-state index in [4.69, 9.17) is 16.3 Å². The second-order valence-electron chi connectivity index (χ2n) is 5.55. The molecule has 2 rings (SSSR count). The Bertz CT molecular complexity index is 698. The van der Waals surface area contributed by atoms with E-state index in [1.165, 1.54) is 7.11 Å². The quantitative estimate of drug-likeness (QED) is 0.840. The third-order valence-corrected chi connectivity index (χ3v) is 3.94. The molecule has 0 aliphatic heterocycles. The summed E-state index contributed by atoms with van der Waals surface area (Å²) in [7, 11) is 3.29. The molecule has 2 N–H and O–H groups in total. The Morgan fingerprint density at radius 3 is 2.87 bits per heavy atom. The summed E-state index contributed by atoms with van der Waals surface area (Å²) in [4.78, 5) is 12.2. The van der Waals surface area contributed by atoms with E-state index in [9.17, 15) is 9.90 Å². The molecule has 1 aromatic heterocycles. The molecule has 1 atom stereocenters. The van der Waals surface area contributed by atoms with Crippen LogP contribution < -0.4 is 10.1 Å². The van der Waals surface area contributed by atoms with Gasteiger partial charge < -0.3 is 15.2 Å². The molecule has 2 aromatic rings. The lowest BCUT2D eigenvalue weighted by Crippen LogP contribution is -2.39. The highest BCUT2D eigenvalue weighted by Crippen LogP contribution is 2.26. The molecule has 1 heterocycles. The molecule has 1 amide bonds. The Kier molecular flexibility index (Phi) is 5.28. The summed E-state index contributed by atoms with van der Waals surface area (Å²) >= 11 is 6.12. The van der Waals surface area contributed by atoms with Gasteiger partial charge in [0.15, 0.2) is 0 Å². The number of nitrogens with one attached hydrogen (secondary N) is 1. The van der Waals surface area contributed by atoms with Crippen molar-refractivity contribution in [2.45, 2.75) is 18.9 Å². The monoisotopic (exact) mass is 337 g/mol. The number of aryl methyl sites for hydroxylation is 1. The summed E-state index contributed by atoms with van der Waals surface area (Å²) in [6, 6.07) is 5.22. The largest absolute Gasteiger partial charge is 0.496 e. The van der Waals surface area contributed by atoms with Crippen molar-refractivity contribution < 1.29 is 14.6 Å². The van der Waals surface area contributed by atoms with E-state index in [2.05, 4.69) is 10.4 Å². The van der Waals surface area contributed by atoms with Crippen LogP contribution in [0.2, 0.25) is 5.02 Å². The van der Waals surface area contributed by atoms with Crippen molar-refractivity contribution in [2.24, 2.45) is 7.05 Å².